The third kappa shape index (κ3) is 6.17. The van der Waals surface area contributed by atoms with E-state index in [4.69, 9.17) is 5.11 Å². The van der Waals surface area contributed by atoms with Crippen molar-refractivity contribution in [3.63, 3.8) is 0 Å². The minimum absolute atomic E-state index is 0.0811. The molecule has 1 aliphatic carbocycles. The fraction of sp³-hybridized carbons (Fsp3) is 0.562. The molecule has 0 unspecified atom stereocenters. The van der Waals surface area contributed by atoms with Gasteiger partial charge in [0.1, 0.15) is 5.75 Å². The zero-order chi connectivity index (χ0) is 19.4. The molecule has 0 radical (unpaired) electrons. The quantitative estimate of drug-likeness (QED) is 0.739. The van der Waals surface area contributed by atoms with Crippen LogP contribution < -0.4 is 9.46 Å². The second-order valence-corrected chi connectivity index (χ2v) is 7.96. The molecule has 1 saturated carbocycles. The van der Waals surface area contributed by atoms with Gasteiger partial charge in [0.05, 0.1) is 11.3 Å². The van der Waals surface area contributed by atoms with Gasteiger partial charge < -0.3 is 9.84 Å². The molecule has 2 N–H and O–H groups in total. The Morgan fingerprint density at radius 3 is 2.27 bits per heavy atom. The molecular formula is C16H20F3NO5S. The third-order valence-electron chi connectivity index (χ3n) is 4.29. The fourth-order valence-electron chi connectivity index (χ4n) is 3.12. The lowest BCUT2D eigenvalue weighted by Gasteiger charge is -2.29. The van der Waals surface area contributed by atoms with Crippen LogP contribution in [0.2, 0.25) is 0 Å². The van der Waals surface area contributed by atoms with Crippen molar-refractivity contribution in [3.8, 4) is 5.75 Å². The topological polar surface area (TPSA) is 92.7 Å². The molecule has 2 rings (SSSR count). The highest BCUT2D eigenvalue weighted by atomic mass is 32.2. The number of ether oxygens (including phenoxy) is 1. The highest BCUT2D eigenvalue weighted by Gasteiger charge is 2.32. The van der Waals surface area contributed by atoms with Gasteiger partial charge in [-0.3, -0.25) is 4.79 Å². The molecule has 10 heteroatoms. The Bertz CT molecular complexity index is 712. The van der Waals surface area contributed by atoms with Crippen LogP contribution >= 0.6 is 0 Å². The number of carbonyl (C=O) groups is 1. The predicted octanol–water partition coefficient (Wildman–Crippen LogP) is 3.29. The van der Waals surface area contributed by atoms with Crippen LogP contribution in [-0.2, 0) is 14.8 Å². The zero-order valence-corrected chi connectivity index (χ0v) is 14.6. The number of rotatable bonds is 7. The summed E-state index contributed by atoms with van der Waals surface area (Å²) in [7, 11) is -4.07. The smallest absolute Gasteiger partial charge is 0.481 e. The Balaban J connectivity index is 2.14. The predicted molar refractivity (Wildman–Crippen MR) is 86.1 cm³/mol. The maximum absolute atomic E-state index is 12.5. The highest BCUT2D eigenvalue weighted by Crippen LogP contribution is 2.29. The van der Waals surface area contributed by atoms with Crippen LogP contribution in [0.1, 0.15) is 38.5 Å². The molecule has 1 aliphatic rings. The number of carboxylic acids is 1. The summed E-state index contributed by atoms with van der Waals surface area (Å²) in [5.41, 5.74) is 0. The summed E-state index contributed by atoms with van der Waals surface area (Å²) in [6.45, 7) is 0. The second-order valence-electron chi connectivity index (χ2n) is 6.24. The van der Waals surface area contributed by atoms with Crippen molar-refractivity contribution in [1.82, 2.24) is 4.72 Å². The molecule has 1 atom stereocenters. The molecule has 1 aromatic rings. The monoisotopic (exact) mass is 395 g/mol. The van der Waals surface area contributed by atoms with Gasteiger partial charge in [0, 0.05) is 6.04 Å². The first-order valence-electron chi connectivity index (χ1n) is 8.17. The van der Waals surface area contributed by atoms with Gasteiger partial charge in [-0.25, -0.2) is 13.1 Å². The van der Waals surface area contributed by atoms with Crippen LogP contribution in [0.3, 0.4) is 0 Å². The molecule has 1 aromatic carbocycles. The standard InChI is InChI=1S/C16H20F3NO5S/c17-16(18,19)25-12-6-8-13(9-7-12)26(23,24)20-14(10-15(21)22)11-4-2-1-3-5-11/h6-9,11,14,20H,1-5,10H2,(H,21,22)/t14-/m1/s1. The molecule has 26 heavy (non-hydrogen) atoms. The molecule has 0 amide bonds. The minimum Gasteiger partial charge on any atom is -0.481 e. The summed E-state index contributed by atoms with van der Waals surface area (Å²) in [6, 6.07) is 3.01. The van der Waals surface area contributed by atoms with Gasteiger partial charge in [-0.2, -0.15) is 0 Å². The Morgan fingerprint density at radius 1 is 1.19 bits per heavy atom. The molecule has 0 saturated heterocycles. The molecule has 1 fully saturated rings. The number of hydrogen-bond acceptors (Lipinski definition) is 4. The molecule has 146 valence electrons. The van der Waals surface area contributed by atoms with E-state index in [2.05, 4.69) is 9.46 Å². The molecule has 0 spiro atoms. The second kappa shape index (κ2) is 8.26. The van der Waals surface area contributed by atoms with Gasteiger partial charge in [0.15, 0.2) is 0 Å². The average Bonchev–Trinajstić information content (AvgIpc) is 2.53. The number of halogens is 3. The van der Waals surface area contributed by atoms with E-state index in [1.807, 2.05) is 0 Å². The van der Waals surface area contributed by atoms with Crippen molar-refractivity contribution in [2.24, 2.45) is 5.92 Å². The van der Waals surface area contributed by atoms with Crippen LogP contribution in [0, 0.1) is 5.92 Å². The van der Waals surface area contributed by atoms with Crippen LogP contribution in [0.5, 0.6) is 5.75 Å². The van der Waals surface area contributed by atoms with Crippen LogP contribution in [0.25, 0.3) is 0 Å². The molecule has 0 heterocycles. The molecule has 0 aliphatic heterocycles. The Labute approximate surface area is 149 Å². The molecule has 0 aromatic heterocycles. The first-order chi connectivity index (χ1) is 12.1. The largest absolute Gasteiger partial charge is 0.573 e. The van der Waals surface area contributed by atoms with Gasteiger partial charge in [-0.15, -0.1) is 13.2 Å². The number of sulfonamides is 1. The van der Waals surface area contributed by atoms with Crippen LogP contribution in [0.4, 0.5) is 13.2 Å². The molecule has 6 nitrogen and oxygen atoms in total. The number of benzene rings is 1. The van der Waals surface area contributed by atoms with Crippen molar-refractivity contribution in [1.29, 1.82) is 0 Å². The van der Waals surface area contributed by atoms with Gasteiger partial charge in [-0.1, -0.05) is 19.3 Å². The summed E-state index contributed by atoms with van der Waals surface area (Å²) >= 11 is 0. The van der Waals surface area contributed by atoms with Gasteiger partial charge in [0.25, 0.3) is 0 Å². The number of aliphatic carboxylic acids is 1. The lowest BCUT2D eigenvalue weighted by molar-refractivity contribution is -0.274. The number of alkyl halides is 3. The van der Waals surface area contributed by atoms with Crippen LogP contribution in [0.15, 0.2) is 29.2 Å². The normalized spacial score (nSPS) is 17.7. The van der Waals surface area contributed by atoms with Crippen molar-refractivity contribution in [2.75, 3.05) is 0 Å². The molecule has 0 bridgehead atoms. The van der Waals surface area contributed by atoms with Crippen molar-refractivity contribution in [3.05, 3.63) is 24.3 Å². The lowest BCUT2D eigenvalue weighted by atomic mass is 9.83. The average molecular weight is 395 g/mol. The van der Waals surface area contributed by atoms with Gasteiger partial charge in [0.2, 0.25) is 10.0 Å². The molecular weight excluding hydrogens is 375 g/mol. The maximum atomic E-state index is 12.5. The third-order valence-corrected chi connectivity index (χ3v) is 5.79. The fourth-order valence-corrected chi connectivity index (χ4v) is 4.42. The van der Waals surface area contributed by atoms with E-state index in [9.17, 15) is 26.4 Å². The Kier molecular flexibility index (Phi) is 6.51. The first-order valence-corrected chi connectivity index (χ1v) is 9.65. The summed E-state index contributed by atoms with van der Waals surface area (Å²) in [5, 5.41) is 9.07. The summed E-state index contributed by atoms with van der Waals surface area (Å²) in [4.78, 5) is 10.8. The van der Waals surface area contributed by atoms with E-state index in [-0.39, 0.29) is 17.2 Å². The van der Waals surface area contributed by atoms with E-state index >= 15 is 0 Å². The summed E-state index contributed by atoms with van der Waals surface area (Å²) in [5.74, 6) is -1.73. The van der Waals surface area contributed by atoms with E-state index in [1.54, 1.807) is 0 Å². The number of nitrogens with one attached hydrogen (secondary N) is 1. The minimum atomic E-state index is -4.87. The Morgan fingerprint density at radius 2 is 1.77 bits per heavy atom. The van der Waals surface area contributed by atoms with Gasteiger partial charge >= 0.3 is 12.3 Å². The van der Waals surface area contributed by atoms with Crippen molar-refractivity contribution >= 4 is 16.0 Å². The van der Waals surface area contributed by atoms with Crippen LogP contribution in [-0.4, -0.2) is 31.9 Å². The zero-order valence-electron chi connectivity index (χ0n) is 13.8. The maximum Gasteiger partial charge on any atom is 0.573 e. The van der Waals surface area contributed by atoms with E-state index in [0.29, 0.717) is 0 Å². The van der Waals surface area contributed by atoms with E-state index in [0.717, 1.165) is 56.4 Å². The lowest BCUT2D eigenvalue weighted by Crippen LogP contribution is -2.42. The van der Waals surface area contributed by atoms with Crippen molar-refractivity contribution < 1.29 is 36.2 Å². The highest BCUT2D eigenvalue weighted by molar-refractivity contribution is 7.89. The SMILES string of the molecule is O=C(O)C[C@@H](NS(=O)(=O)c1ccc(OC(F)(F)F)cc1)C1CCCCC1. The summed E-state index contributed by atoms with van der Waals surface area (Å²) in [6.07, 6.45) is -0.898. The summed E-state index contributed by atoms with van der Waals surface area (Å²) < 4.78 is 67.6. The number of carboxylic acid groups (broad SMARTS) is 1. The van der Waals surface area contributed by atoms with Gasteiger partial charge in [-0.05, 0) is 43.0 Å². The van der Waals surface area contributed by atoms with E-state index in [1.165, 1.54) is 0 Å². The number of hydrogen-bond donors (Lipinski definition) is 2. The van der Waals surface area contributed by atoms with Crippen molar-refractivity contribution in [2.45, 2.75) is 55.8 Å². The Hall–Kier alpha value is -1.81. The van der Waals surface area contributed by atoms with E-state index < -0.39 is 34.1 Å². The first kappa shape index (κ1) is 20.5.